The van der Waals surface area contributed by atoms with E-state index in [4.69, 9.17) is 11.1 Å². The fourth-order valence-electron chi connectivity index (χ4n) is 2.30. The van der Waals surface area contributed by atoms with Gasteiger partial charge in [0.2, 0.25) is 11.8 Å². The summed E-state index contributed by atoms with van der Waals surface area (Å²) in [5.41, 5.74) is 5.94. The van der Waals surface area contributed by atoms with Gasteiger partial charge in [-0.3, -0.25) is 15.2 Å². The number of aromatic nitrogens is 1. The number of nitrogen functional groups attached to an aromatic ring is 1. The quantitative estimate of drug-likeness (QED) is 0.585. The molecule has 1 atom stereocenters. The van der Waals surface area contributed by atoms with E-state index in [1.165, 1.54) is 18.3 Å². The van der Waals surface area contributed by atoms with Crippen LogP contribution >= 0.6 is 0 Å². The number of carbonyl (C=O) groups excluding carboxylic acids is 1. The van der Waals surface area contributed by atoms with Crippen LogP contribution in [0, 0.1) is 11.3 Å². The van der Waals surface area contributed by atoms with Crippen molar-refractivity contribution in [3.63, 3.8) is 0 Å². The summed E-state index contributed by atoms with van der Waals surface area (Å²) in [7, 11) is 0. The molecule has 1 aromatic rings. The van der Waals surface area contributed by atoms with Gasteiger partial charge in [-0.15, -0.1) is 0 Å². The first-order valence-corrected chi connectivity index (χ1v) is 6.36. The molecule has 0 spiro atoms. The number of amidine groups is 1. The van der Waals surface area contributed by atoms with Crippen molar-refractivity contribution in [1.29, 1.82) is 5.41 Å². The SMILES string of the molecule is N=C(N)c1cc(NC(=O)[C@H]2CCCC(F)(F)C2)ccn1. The molecule has 0 saturated heterocycles. The molecule has 1 aliphatic rings. The number of nitrogens with zero attached hydrogens (tertiary/aromatic N) is 1. The van der Waals surface area contributed by atoms with Crippen molar-refractivity contribution in [1.82, 2.24) is 4.98 Å². The van der Waals surface area contributed by atoms with Crippen molar-refractivity contribution in [2.45, 2.75) is 31.6 Å². The van der Waals surface area contributed by atoms with Gasteiger partial charge in [0.05, 0.1) is 0 Å². The van der Waals surface area contributed by atoms with E-state index >= 15 is 0 Å². The Balaban J connectivity index is 2.04. The molecule has 0 bridgehead atoms. The van der Waals surface area contributed by atoms with Gasteiger partial charge in [0.25, 0.3) is 0 Å². The van der Waals surface area contributed by atoms with Crippen molar-refractivity contribution in [3.05, 3.63) is 24.0 Å². The highest BCUT2D eigenvalue weighted by Crippen LogP contribution is 2.37. The molecule has 1 saturated carbocycles. The van der Waals surface area contributed by atoms with Gasteiger partial charge in [-0.25, -0.2) is 8.78 Å². The smallest absolute Gasteiger partial charge is 0.248 e. The van der Waals surface area contributed by atoms with Gasteiger partial charge in [-0.2, -0.15) is 0 Å². The molecule has 0 radical (unpaired) electrons. The van der Waals surface area contributed by atoms with Crippen LogP contribution in [-0.4, -0.2) is 22.6 Å². The summed E-state index contributed by atoms with van der Waals surface area (Å²) in [4.78, 5) is 15.8. The standard InChI is InChI=1S/C13H16F2N4O/c14-13(15)4-1-2-8(7-13)12(20)19-9-3-5-18-10(6-9)11(16)17/h3,5-6,8H,1-2,4,7H2,(H3,16,17)(H,18,19,20)/t8-/m0/s1. The van der Waals surface area contributed by atoms with Crippen LogP contribution < -0.4 is 11.1 Å². The summed E-state index contributed by atoms with van der Waals surface area (Å²) in [5.74, 6) is -4.09. The number of pyridine rings is 1. The van der Waals surface area contributed by atoms with Crippen LogP contribution in [0.3, 0.4) is 0 Å². The Morgan fingerprint density at radius 3 is 2.95 bits per heavy atom. The first-order chi connectivity index (χ1) is 9.37. The highest BCUT2D eigenvalue weighted by atomic mass is 19.3. The molecule has 2 rings (SSSR count). The van der Waals surface area contributed by atoms with E-state index in [-0.39, 0.29) is 18.0 Å². The predicted octanol–water partition coefficient (Wildman–Crippen LogP) is 2.13. The van der Waals surface area contributed by atoms with Gasteiger partial charge in [0, 0.05) is 30.6 Å². The maximum Gasteiger partial charge on any atom is 0.248 e. The third-order valence-electron chi connectivity index (χ3n) is 3.31. The molecule has 20 heavy (non-hydrogen) atoms. The second-order valence-electron chi connectivity index (χ2n) is 4.98. The van der Waals surface area contributed by atoms with E-state index in [1.807, 2.05) is 0 Å². The molecule has 7 heteroatoms. The maximum atomic E-state index is 13.3. The van der Waals surface area contributed by atoms with E-state index in [0.29, 0.717) is 18.5 Å². The van der Waals surface area contributed by atoms with E-state index in [2.05, 4.69) is 10.3 Å². The number of hydrogen-bond acceptors (Lipinski definition) is 3. The number of nitrogens with one attached hydrogen (secondary N) is 2. The van der Waals surface area contributed by atoms with Crippen LogP contribution in [0.1, 0.15) is 31.4 Å². The van der Waals surface area contributed by atoms with Crippen molar-refractivity contribution in [2.24, 2.45) is 11.7 Å². The molecular weight excluding hydrogens is 266 g/mol. The Bertz CT molecular complexity index is 533. The van der Waals surface area contributed by atoms with Gasteiger partial charge < -0.3 is 11.1 Å². The fraction of sp³-hybridized carbons (Fsp3) is 0.462. The predicted molar refractivity (Wildman–Crippen MR) is 70.8 cm³/mol. The van der Waals surface area contributed by atoms with Crippen LogP contribution in [0.4, 0.5) is 14.5 Å². The third-order valence-corrected chi connectivity index (χ3v) is 3.31. The number of amides is 1. The van der Waals surface area contributed by atoms with Crippen molar-refractivity contribution < 1.29 is 13.6 Å². The maximum absolute atomic E-state index is 13.3. The molecule has 5 nitrogen and oxygen atoms in total. The molecule has 1 fully saturated rings. The number of rotatable bonds is 3. The van der Waals surface area contributed by atoms with Gasteiger partial charge in [-0.1, -0.05) is 0 Å². The Kier molecular flexibility index (Phi) is 3.96. The number of carbonyl (C=O) groups is 1. The molecule has 0 aliphatic heterocycles. The lowest BCUT2D eigenvalue weighted by Gasteiger charge is -2.27. The zero-order chi connectivity index (χ0) is 14.8. The Labute approximate surface area is 115 Å². The Morgan fingerprint density at radius 1 is 1.55 bits per heavy atom. The van der Waals surface area contributed by atoms with Crippen molar-refractivity contribution in [3.8, 4) is 0 Å². The number of nitrogens with two attached hydrogens (primary N) is 1. The molecule has 1 aliphatic carbocycles. The first kappa shape index (κ1) is 14.4. The first-order valence-electron chi connectivity index (χ1n) is 6.36. The molecule has 1 aromatic heterocycles. The molecule has 0 aromatic carbocycles. The summed E-state index contributed by atoms with van der Waals surface area (Å²) < 4.78 is 26.6. The normalized spacial score (nSPS) is 21.2. The molecular formula is C13H16F2N4O. The average Bonchev–Trinajstić information content (AvgIpc) is 2.37. The molecule has 1 amide bonds. The van der Waals surface area contributed by atoms with E-state index < -0.39 is 24.2 Å². The Hall–Kier alpha value is -2.05. The van der Waals surface area contributed by atoms with Gasteiger partial charge in [0.1, 0.15) is 11.5 Å². The zero-order valence-electron chi connectivity index (χ0n) is 10.8. The van der Waals surface area contributed by atoms with E-state index in [9.17, 15) is 13.6 Å². The third kappa shape index (κ3) is 3.49. The zero-order valence-corrected chi connectivity index (χ0v) is 10.8. The van der Waals surface area contributed by atoms with Crippen LogP contribution in [-0.2, 0) is 4.79 Å². The van der Waals surface area contributed by atoms with E-state index in [0.717, 1.165) is 0 Å². The van der Waals surface area contributed by atoms with Gasteiger partial charge in [-0.05, 0) is 25.0 Å². The summed E-state index contributed by atoms with van der Waals surface area (Å²) in [6.07, 6.45) is 1.65. The van der Waals surface area contributed by atoms with Crippen LogP contribution in [0.25, 0.3) is 0 Å². The molecule has 108 valence electrons. The fourth-order valence-corrected chi connectivity index (χ4v) is 2.30. The monoisotopic (exact) mass is 282 g/mol. The highest BCUT2D eigenvalue weighted by Gasteiger charge is 2.39. The van der Waals surface area contributed by atoms with Crippen LogP contribution in [0.15, 0.2) is 18.3 Å². The highest BCUT2D eigenvalue weighted by molar-refractivity contribution is 5.96. The molecule has 0 unspecified atom stereocenters. The second-order valence-corrected chi connectivity index (χ2v) is 4.98. The minimum atomic E-state index is -2.76. The number of halogens is 2. The van der Waals surface area contributed by atoms with Gasteiger partial charge >= 0.3 is 0 Å². The Morgan fingerprint density at radius 2 is 2.30 bits per heavy atom. The lowest BCUT2D eigenvalue weighted by atomic mass is 9.86. The van der Waals surface area contributed by atoms with E-state index in [1.54, 1.807) is 0 Å². The molecule has 4 N–H and O–H groups in total. The lowest BCUT2D eigenvalue weighted by molar-refractivity contribution is -0.127. The van der Waals surface area contributed by atoms with Crippen molar-refractivity contribution >= 4 is 17.4 Å². The number of anilines is 1. The lowest BCUT2D eigenvalue weighted by Crippen LogP contribution is -2.33. The minimum absolute atomic E-state index is 0.152. The number of alkyl halides is 2. The number of hydrogen-bond donors (Lipinski definition) is 3. The molecule has 1 heterocycles. The topological polar surface area (TPSA) is 91.9 Å². The largest absolute Gasteiger partial charge is 0.382 e. The summed E-state index contributed by atoms with van der Waals surface area (Å²) in [6, 6.07) is 2.98. The van der Waals surface area contributed by atoms with Crippen LogP contribution in [0.2, 0.25) is 0 Å². The second kappa shape index (κ2) is 5.52. The summed E-state index contributed by atoms with van der Waals surface area (Å²) >= 11 is 0. The van der Waals surface area contributed by atoms with Gasteiger partial charge in [0.15, 0.2) is 0 Å². The average molecular weight is 282 g/mol. The summed E-state index contributed by atoms with van der Waals surface area (Å²) in [5, 5.41) is 9.85. The minimum Gasteiger partial charge on any atom is -0.382 e. The van der Waals surface area contributed by atoms with Crippen LogP contribution in [0.5, 0.6) is 0 Å². The van der Waals surface area contributed by atoms with Crippen molar-refractivity contribution in [2.75, 3.05) is 5.32 Å². The summed E-state index contributed by atoms with van der Waals surface area (Å²) in [6.45, 7) is 0.